The molecule has 0 saturated heterocycles. The SMILES string of the molecule is Cc1cc(CN[C@@H](C)C(=O)O)ccc1OCc1cccc(-c2ccccc2)c1C. The second-order valence-corrected chi connectivity index (χ2v) is 7.29. The molecule has 0 aliphatic heterocycles. The van der Waals surface area contributed by atoms with Gasteiger partial charge in [-0.15, -0.1) is 0 Å². The summed E-state index contributed by atoms with van der Waals surface area (Å²) in [7, 11) is 0. The molecule has 0 aromatic heterocycles. The molecule has 0 bridgehead atoms. The molecule has 0 heterocycles. The second kappa shape index (κ2) is 9.39. The third kappa shape index (κ3) is 5.24. The van der Waals surface area contributed by atoms with E-state index in [0.29, 0.717) is 13.2 Å². The Bertz CT molecular complexity index is 983. The number of hydrogen-bond acceptors (Lipinski definition) is 3. The van der Waals surface area contributed by atoms with Crippen molar-refractivity contribution in [1.29, 1.82) is 0 Å². The van der Waals surface area contributed by atoms with Crippen molar-refractivity contribution in [3.8, 4) is 16.9 Å². The van der Waals surface area contributed by atoms with Crippen LogP contribution in [-0.2, 0) is 17.9 Å². The topological polar surface area (TPSA) is 58.6 Å². The normalized spacial score (nSPS) is 11.8. The first-order valence-corrected chi connectivity index (χ1v) is 9.78. The van der Waals surface area contributed by atoms with Gasteiger partial charge in [0.2, 0.25) is 0 Å². The molecule has 4 heteroatoms. The summed E-state index contributed by atoms with van der Waals surface area (Å²) in [6, 6.07) is 22.0. The fourth-order valence-electron chi connectivity index (χ4n) is 3.27. The molecular weight excluding hydrogens is 362 g/mol. The average Bonchev–Trinajstić information content (AvgIpc) is 2.72. The largest absolute Gasteiger partial charge is 0.489 e. The number of carbonyl (C=O) groups is 1. The standard InChI is InChI=1S/C25H27NO3/c1-17-14-20(15-26-19(3)25(27)28)12-13-24(17)29-16-22-10-7-11-23(18(22)2)21-8-5-4-6-9-21/h4-14,19,26H,15-16H2,1-3H3,(H,27,28)/t19-/m0/s1. The van der Waals surface area contributed by atoms with Crippen molar-refractivity contribution in [3.63, 3.8) is 0 Å². The zero-order valence-electron chi connectivity index (χ0n) is 17.1. The van der Waals surface area contributed by atoms with Crippen molar-refractivity contribution in [2.24, 2.45) is 0 Å². The molecule has 0 saturated carbocycles. The third-order valence-electron chi connectivity index (χ3n) is 5.14. The number of rotatable bonds is 8. The van der Waals surface area contributed by atoms with Crippen LogP contribution in [0.25, 0.3) is 11.1 Å². The summed E-state index contributed by atoms with van der Waals surface area (Å²) in [6.45, 7) is 6.78. The van der Waals surface area contributed by atoms with Crippen molar-refractivity contribution in [1.82, 2.24) is 5.32 Å². The van der Waals surface area contributed by atoms with Gasteiger partial charge in [0.15, 0.2) is 0 Å². The first-order valence-electron chi connectivity index (χ1n) is 9.78. The molecule has 0 amide bonds. The summed E-state index contributed by atoms with van der Waals surface area (Å²) in [5.74, 6) is -0.0145. The van der Waals surface area contributed by atoms with Gasteiger partial charge in [0.25, 0.3) is 0 Å². The lowest BCUT2D eigenvalue weighted by molar-refractivity contribution is -0.139. The van der Waals surface area contributed by atoms with E-state index < -0.39 is 12.0 Å². The molecule has 0 spiro atoms. The van der Waals surface area contributed by atoms with Crippen LogP contribution in [0.4, 0.5) is 0 Å². The molecule has 0 radical (unpaired) electrons. The molecular formula is C25H27NO3. The molecule has 3 aromatic rings. The lowest BCUT2D eigenvalue weighted by Gasteiger charge is -2.15. The first-order chi connectivity index (χ1) is 14.0. The van der Waals surface area contributed by atoms with Gasteiger partial charge in [0.05, 0.1) is 0 Å². The van der Waals surface area contributed by atoms with E-state index in [1.165, 1.54) is 16.7 Å². The zero-order chi connectivity index (χ0) is 20.8. The van der Waals surface area contributed by atoms with Gasteiger partial charge in [0, 0.05) is 6.54 Å². The molecule has 3 rings (SSSR count). The van der Waals surface area contributed by atoms with Crippen LogP contribution in [0.2, 0.25) is 0 Å². The predicted molar refractivity (Wildman–Crippen MR) is 116 cm³/mol. The maximum absolute atomic E-state index is 10.9. The molecule has 1 atom stereocenters. The number of benzene rings is 3. The molecule has 2 N–H and O–H groups in total. The van der Waals surface area contributed by atoms with Crippen molar-refractivity contribution in [2.45, 2.75) is 40.0 Å². The Morgan fingerprint density at radius 3 is 2.48 bits per heavy atom. The Hall–Kier alpha value is -3.11. The van der Waals surface area contributed by atoms with Gasteiger partial charge in [0.1, 0.15) is 18.4 Å². The van der Waals surface area contributed by atoms with E-state index in [1.54, 1.807) is 6.92 Å². The van der Waals surface area contributed by atoms with Crippen LogP contribution in [0.5, 0.6) is 5.75 Å². The van der Waals surface area contributed by atoms with E-state index in [-0.39, 0.29) is 0 Å². The van der Waals surface area contributed by atoms with Crippen LogP contribution in [-0.4, -0.2) is 17.1 Å². The van der Waals surface area contributed by atoms with Crippen molar-refractivity contribution in [3.05, 3.63) is 89.0 Å². The van der Waals surface area contributed by atoms with Gasteiger partial charge in [-0.3, -0.25) is 4.79 Å². The lowest BCUT2D eigenvalue weighted by atomic mass is 9.97. The minimum absolute atomic E-state index is 0.501. The summed E-state index contributed by atoms with van der Waals surface area (Å²) in [5.41, 5.74) is 6.87. The Morgan fingerprint density at radius 1 is 1.03 bits per heavy atom. The van der Waals surface area contributed by atoms with E-state index in [1.807, 2.05) is 31.2 Å². The van der Waals surface area contributed by atoms with Crippen LogP contribution in [0.3, 0.4) is 0 Å². The van der Waals surface area contributed by atoms with E-state index in [9.17, 15) is 4.79 Å². The Balaban J connectivity index is 1.68. The first kappa shape index (κ1) is 20.6. The van der Waals surface area contributed by atoms with E-state index in [2.05, 4.69) is 54.7 Å². The van der Waals surface area contributed by atoms with Gasteiger partial charge in [-0.2, -0.15) is 0 Å². The van der Waals surface area contributed by atoms with Crippen LogP contribution in [0.15, 0.2) is 66.7 Å². The van der Waals surface area contributed by atoms with E-state index in [0.717, 1.165) is 22.4 Å². The van der Waals surface area contributed by atoms with Crippen molar-refractivity contribution in [2.75, 3.05) is 0 Å². The number of nitrogens with one attached hydrogen (secondary N) is 1. The van der Waals surface area contributed by atoms with Gasteiger partial charge in [-0.1, -0.05) is 60.7 Å². The minimum atomic E-state index is -0.852. The maximum Gasteiger partial charge on any atom is 0.320 e. The highest BCUT2D eigenvalue weighted by atomic mass is 16.5. The summed E-state index contributed by atoms with van der Waals surface area (Å²) < 4.78 is 6.10. The molecule has 0 unspecified atom stereocenters. The van der Waals surface area contributed by atoms with Crippen LogP contribution in [0, 0.1) is 13.8 Å². The van der Waals surface area contributed by atoms with Gasteiger partial charge >= 0.3 is 5.97 Å². The average molecular weight is 389 g/mol. The summed E-state index contributed by atoms with van der Waals surface area (Å²) in [4.78, 5) is 10.9. The second-order valence-electron chi connectivity index (χ2n) is 7.29. The minimum Gasteiger partial charge on any atom is -0.489 e. The summed E-state index contributed by atoms with van der Waals surface area (Å²) >= 11 is 0. The molecule has 3 aromatic carbocycles. The monoisotopic (exact) mass is 389 g/mol. The Morgan fingerprint density at radius 2 is 1.79 bits per heavy atom. The smallest absolute Gasteiger partial charge is 0.320 e. The molecule has 0 aliphatic carbocycles. The maximum atomic E-state index is 10.9. The van der Waals surface area contributed by atoms with Gasteiger partial charge in [-0.25, -0.2) is 0 Å². The quantitative estimate of drug-likeness (QED) is 0.562. The van der Waals surface area contributed by atoms with Gasteiger partial charge < -0.3 is 15.2 Å². The summed E-state index contributed by atoms with van der Waals surface area (Å²) in [5, 5.41) is 12.0. The molecule has 150 valence electrons. The number of ether oxygens (including phenoxy) is 1. The number of aryl methyl sites for hydroxylation is 1. The molecule has 0 aliphatic rings. The van der Waals surface area contributed by atoms with Crippen LogP contribution < -0.4 is 10.1 Å². The fraction of sp³-hybridized carbons (Fsp3) is 0.240. The summed E-state index contributed by atoms with van der Waals surface area (Å²) in [6.07, 6.45) is 0. The molecule has 4 nitrogen and oxygen atoms in total. The van der Waals surface area contributed by atoms with E-state index in [4.69, 9.17) is 9.84 Å². The van der Waals surface area contributed by atoms with Crippen LogP contribution >= 0.6 is 0 Å². The van der Waals surface area contributed by atoms with E-state index >= 15 is 0 Å². The van der Waals surface area contributed by atoms with Gasteiger partial charge in [-0.05, 0) is 60.2 Å². The predicted octanol–water partition coefficient (Wildman–Crippen LogP) is 5.11. The van der Waals surface area contributed by atoms with Crippen molar-refractivity contribution >= 4 is 5.97 Å². The number of hydrogen-bond donors (Lipinski definition) is 2. The Kier molecular flexibility index (Phi) is 6.68. The number of carboxylic acids is 1. The Labute approximate surface area is 172 Å². The highest BCUT2D eigenvalue weighted by Crippen LogP contribution is 2.27. The molecule has 29 heavy (non-hydrogen) atoms. The van der Waals surface area contributed by atoms with Crippen LogP contribution in [0.1, 0.15) is 29.2 Å². The fourth-order valence-corrected chi connectivity index (χ4v) is 3.27. The third-order valence-corrected chi connectivity index (χ3v) is 5.14. The zero-order valence-corrected chi connectivity index (χ0v) is 17.1. The highest BCUT2D eigenvalue weighted by molar-refractivity contribution is 5.72. The number of carboxylic acid groups (broad SMARTS) is 1. The lowest BCUT2D eigenvalue weighted by Crippen LogP contribution is -2.33. The highest BCUT2D eigenvalue weighted by Gasteiger charge is 2.11. The molecule has 0 fully saturated rings. The van der Waals surface area contributed by atoms with Crippen molar-refractivity contribution < 1.29 is 14.6 Å². The number of aliphatic carboxylic acids is 1.